The fourth-order valence-electron chi connectivity index (χ4n) is 2.61. The van der Waals surface area contributed by atoms with E-state index in [2.05, 4.69) is 42.4 Å². The van der Waals surface area contributed by atoms with Gasteiger partial charge in [0, 0.05) is 20.6 Å². The van der Waals surface area contributed by atoms with Crippen molar-refractivity contribution in [3.05, 3.63) is 85.3 Å². The molecular formula is C22H17Br2ClN2O4. The molecule has 3 aromatic rings. The van der Waals surface area contributed by atoms with Gasteiger partial charge in [-0.25, -0.2) is 4.79 Å². The molecule has 0 saturated carbocycles. The van der Waals surface area contributed by atoms with Gasteiger partial charge in [0.15, 0.2) is 11.5 Å². The fraction of sp³-hybridized carbons (Fsp3) is 0.0909. The number of methoxy groups -OCH3 is 1. The van der Waals surface area contributed by atoms with Crippen LogP contribution in [0.25, 0.3) is 0 Å². The average Bonchev–Trinajstić information content (AvgIpc) is 2.77. The number of hydrazone groups is 1. The highest BCUT2D eigenvalue weighted by Crippen LogP contribution is 2.42. The number of hydrogen-bond acceptors (Lipinski definition) is 5. The van der Waals surface area contributed by atoms with Crippen molar-refractivity contribution in [2.24, 2.45) is 5.10 Å². The van der Waals surface area contributed by atoms with Crippen LogP contribution in [-0.2, 0) is 6.61 Å². The number of rotatable bonds is 8. The lowest BCUT2D eigenvalue weighted by Gasteiger charge is -2.15. The Hall–Kier alpha value is -2.55. The molecule has 0 aliphatic rings. The second-order valence-electron chi connectivity index (χ2n) is 6.26. The van der Waals surface area contributed by atoms with Gasteiger partial charge >= 0.3 is 5.97 Å². The Morgan fingerprint density at radius 2 is 1.87 bits per heavy atom. The van der Waals surface area contributed by atoms with E-state index in [4.69, 9.17) is 26.2 Å². The van der Waals surface area contributed by atoms with Gasteiger partial charge in [-0.2, -0.15) is 5.10 Å². The molecule has 0 bridgehead atoms. The largest absolute Gasteiger partial charge is 0.493 e. The molecular weight excluding hydrogens is 552 g/mol. The second-order valence-corrected chi connectivity index (χ2v) is 8.25. The third kappa shape index (κ3) is 5.78. The molecule has 0 amide bonds. The quantitative estimate of drug-likeness (QED) is 0.237. The zero-order chi connectivity index (χ0) is 22.4. The van der Waals surface area contributed by atoms with Crippen molar-refractivity contribution in [2.75, 3.05) is 12.5 Å². The molecule has 31 heavy (non-hydrogen) atoms. The van der Waals surface area contributed by atoms with Crippen LogP contribution < -0.4 is 14.9 Å². The Morgan fingerprint density at radius 1 is 1.16 bits per heavy atom. The molecule has 160 valence electrons. The first-order valence-corrected chi connectivity index (χ1v) is 10.9. The lowest BCUT2D eigenvalue weighted by molar-refractivity contribution is 0.0697. The maximum Gasteiger partial charge on any atom is 0.335 e. The van der Waals surface area contributed by atoms with Crippen LogP contribution in [-0.4, -0.2) is 24.4 Å². The van der Waals surface area contributed by atoms with E-state index >= 15 is 0 Å². The summed E-state index contributed by atoms with van der Waals surface area (Å²) in [6, 6.07) is 15.5. The third-order valence-electron chi connectivity index (χ3n) is 4.23. The van der Waals surface area contributed by atoms with Crippen molar-refractivity contribution >= 4 is 61.3 Å². The molecule has 0 atom stereocenters. The summed E-state index contributed by atoms with van der Waals surface area (Å²) in [6.45, 7) is 0.280. The lowest BCUT2D eigenvalue weighted by atomic mass is 10.2. The topological polar surface area (TPSA) is 80.2 Å². The van der Waals surface area contributed by atoms with E-state index in [1.54, 1.807) is 31.5 Å². The zero-order valence-corrected chi connectivity index (χ0v) is 20.2. The summed E-state index contributed by atoms with van der Waals surface area (Å²) in [7, 11) is 1.56. The highest BCUT2D eigenvalue weighted by atomic mass is 79.9. The van der Waals surface area contributed by atoms with Crippen LogP contribution >= 0.6 is 43.5 Å². The van der Waals surface area contributed by atoms with Crippen LogP contribution in [0.4, 0.5) is 5.69 Å². The minimum absolute atomic E-state index is 0.207. The number of anilines is 1. The van der Waals surface area contributed by atoms with Gasteiger partial charge in [0.05, 0.1) is 29.0 Å². The number of hydrogen-bond donors (Lipinski definition) is 2. The van der Waals surface area contributed by atoms with Gasteiger partial charge in [-0.15, -0.1) is 0 Å². The fourth-order valence-corrected chi connectivity index (χ4v) is 3.74. The van der Waals surface area contributed by atoms with Gasteiger partial charge in [0.1, 0.15) is 6.61 Å². The van der Waals surface area contributed by atoms with E-state index < -0.39 is 5.97 Å². The van der Waals surface area contributed by atoms with Crippen LogP contribution in [0, 0.1) is 0 Å². The van der Waals surface area contributed by atoms with Gasteiger partial charge in [0.25, 0.3) is 0 Å². The van der Waals surface area contributed by atoms with Gasteiger partial charge in [0.2, 0.25) is 0 Å². The van der Waals surface area contributed by atoms with Crippen LogP contribution in [0.5, 0.6) is 11.5 Å². The van der Waals surface area contributed by atoms with Gasteiger partial charge < -0.3 is 14.6 Å². The number of ether oxygens (including phenoxy) is 2. The molecule has 0 fully saturated rings. The number of nitrogens with one attached hydrogen (secondary N) is 1. The number of benzene rings is 3. The van der Waals surface area contributed by atoms with Crippen LogP contribution in [0.1, 0.15) is 21.5 Å². The molecule has 2 N–H and O–H groups in total. The maximum absolute atomic E-state index is 10.9. The van der Waals surface area contributed by atoms with Gasteiger partial charge in [-0.3, -0.25) is 5.43 Å². The first-order chi connectivity index (χ1) is 14.9. The van der Waals surface area contributed by atoms with Crippen LogP contribution in [0.15, 0.2) is 68.6 Å². The Bertz CT molecular complexity index is 1120. The molecule has 9 heteroatoms. The highest BCUT2D eigenvalue weighted by Gasteiger charge is 2.17. The van der Waals surface area contributed by atoms with Crippen LogP contribution in [0.3, 0.4) is 0 Å². The summed E-state index contributed by atoms with van der Waals surface area (Å²) in [6.07, 6.45) is 1.61. The molecule has 0 aromatic heterocycles. The standard InChI is InChI=1S/C22H17Br2ClN2O4/c1-30-18-10-15(11-26-27-16-8-6-13(7-9-16)22(28)29)19(23)20(24)21(18)31-12-14-4-2-3-5-17(14)25/h2-11,27H,12H2,1H3,(H,28,29). The predicted octanol–water partition coefficient (Wildman–Crippen LogP) is 6.60. The summed E-state index contributed by atoms with van der Waals surface area (Å²) in [5.74, 6) is 0.0748. The smallest absolute Gasteiger partial charge is 0.335 e. The minimum Gasteiger partial charge on any atom is -0.493 e. The molecule has 0 saturated heterocycles. The van der Waals surface area contributed by atoms with Crippen molar-refractivity contribution in [1.82, 2.24) is 0 Å². The Labute approximate surface area is 201 Å². The number of nitrogens with zero attached hydrogens (tertiary/aromatic N) is 1. The normalized spacial score (nSPS) is 10.8. The summed E-state index contributed by atoms with van der Waals surface area (Å²) >= 11 is 13.3. The van der Waals surface area contributed by atoms with Crippen molar-refractivity contribution in [2.45, 2.75) is 6.61 Å². The average molecular weight is 569 g/mol. The monoisotopic (exact) mass is 566 g/mol. The molecule has 3 rings (SSSR count). The Morgan fingerprint density at radius 3 is 2.52 bits per heavy atom. The molecule has 0 spiro atoms. The zero-order valence-electron chi connectivity index (χ0n) is 16.2. The van der Waals surface area contributed by atoms with Gasteiger partial charge in [-0.05, 0) is 68.3 Å². The Kier molecular flexibility index (Phi) is 7.95. The molecule has 0 heterocycles. The first kappa shape index (κ1) is 23.1. The molecule has 0 unspecified atom stereocenters. The summed E-state index contributed by atoms with van der Waals surface area (Å²) < 4.78 is 12.9. The van der Waals surface area contributed by atoms with Crippen molar-refractivity contribution in [3.63, 3.8) is 0 Å². The number of carboxylic acids is 1. The van der Waals surface area contributed by atoms with E-state index in [9.17, 15) is 4.79 Å². The van der Waals surface area contributed by atoms with Crippen molar-refractivity contribution in [1.29, 1.82) is 0 Å². The summed E-state index contributed by atoms with van der Waals surface area (Å²) in [5, 5.41) is 13.8. The third-order valence-corrected chi connectivity index (χ3v) is 6.75. The minimum atomic E-state index is -0.979. The molecule has 0 aliphatic carbocycles. The number of halogens is 3. The maximum atomic E-state index is 10.9. The van der Waals surface area contributed by atoms with E-state index in [1.807, 2.05) is 24.3 Å². The SMILES string of the molecule is COc1cc(C=NNc2ccc(C(=O)O)cc2)c(Br)c(Br)c1OCc1ccccc1Cl. The number of carbonyl (C=O) groups is 1. The highest BCUT2D eigenvalue weighted by molar-refractivity contribution is 9.13. The van der Waals surface area contributed by atoms with Gasteiger partial charge in [-0.1, -0.05) is 29.8 Å². The van der Waals surface area contributed by atoms with Crippen molar-refractivity contribution in [3.8, 4) is 11.5 Å². The molecule has 6 nitrogen and oxygen atoms in total. The molecule has 0 radical (unpaired) electrons. The molecule has 3 aromatic carbocycles. The van der Waals surface area contributed by atoms with E-state index in [0.717, 1.165) is 15.6 Å². The van der Waals surface area contributed by atoms with E-state index in [0.29, 0.717) is 26.7 Å². The summed E-state index contributed by atoms with van der Waals surface area (Å²) in [4.78, 5) is 10.9. The summed E-state index contributed by atoms with van der Waals surface area (Å²) in [5.41, 5.74) is 5.33. The lowest BCUT2D eigenvalue weighted by Crippen LogP contribution is -2.01. The predicted molar refractivity (Wildman–Crippen MR) is 129 cm³/mol. The molecule has 0 aliphatic heterocycles. The van der Waals surface area contributed by atoms with Crippen LogP contribution in [0.2, 0.25) is 5.02 Å². The second kappa shape index (κ2) is 10.7. The Balaban J connectivity index is 1.77. The first-order valence-electron chi connectivity index (χ1n) is 8.95. The van der Waals surface area contributed by atoms with E-state index in [1.165, 1.54) is 12.1 Å². The number of aromatic carboxylic acids is 1. The van der Waals surface area contributed by atoms with E-state index in [-0.39, 0.29) is 12.2 Å². The number of carboxylic acid groups (broad SMARTS) is 1. The van der Waals surface area contributed by atoms with Crippen molar-refractivity contribution < 1.29 is 19.4 Å².